The molecule has 2 aromatic carbocycles. The van der Waals surface area contributed by atoms with Crippen LogP contribution in [0, 0.1) is 11.6 Å². The lowest BCUT2D eigenvalue weighted by Crippen LogP contribution is -2.26. The minimum Gasteiger partial charge on any atom is -0.493 e. The fraction of sp³-hybridized carbons (Fsp3) is 0.226. The lowest BCUT2D eigenvalue weighted by atomic mass is 9.93. The number of nitrogens with one attached hydrogen (secondary N) is 2. The predicted octanol–water partition coefficient (Wildman–Crippen LogP) is 5.33. The molecule has 2 amide bonds. The molecule has 0 saturated heterocycles. The molecule has 0 aliphatic carbocycles. The van der Waals surface area contributed by atoms with Crippen molar-refractivity contribution >= 4 is 34.8 Å². The zero-order chi connectivity index (χ0) is 30.7. The average molecular weight is 607 g/mol. The minimum atomic E-state index is -0.866. The molecule has 0 fully saturated rings. The molecule has 0 radical (unpaired) electrons. The molecule has 0 saturated carbocycles. The lowest BCUT2D eigenvalue weighted by Gasteiger charge is -2.18. The predicted molar refractivity (Wildman–Crippen MR) is 158 cm³/mol. The van der Waals surface area contributed by atoms with Gasteiger partial charge in [0.15, 0.2) is 5.69 Å². The van der Waals surface area contributed by atoms with Crippen molar-refractivity contribution < 1.29 is 32.6 Å². The van der Waals surface area contributed by atoms with E-state index in [1.54, 1.807) is 12.1 Å². The third-order valence-electron chi connectivity index (χ3n) is 6.92. The second kappa shape index (κ2) is 12.7. The molecular weight excluding hydrogens is 578 g/mol. The van der Waals surface area contributed by atoms with Gasteiger partial charge in [0.25, 0.3) is 11.8 Å². The highest BCUT2D eigenvalue weighted by Crippen LogP contribution is 2.43. The van der Waals surface area contributed by atoms with Crippen molar-refractivity contribution in [3.63, 3.8) is 0 Å². The van der Waals surface area contributed by atoms with Gasteiger partial charge in [-0.1, -0.05) is 6.92 Å². The van der Waals surface area contributed by atoms with Gasteiger partial charge in [-0.2, -0.15) is 0 Å². The summed E-state index contributed by atoms with van der Waals surface area (Å²) in [6.45, 7) is 2.47. The first kappa shape index (κ1) is 29.8. The first-order valence-corrected chi connectivity index (χ1v) is 14.4. The summed E-state index contributed by atoms with van der Waals surface area (Å²) in [4.78, 5) is 44.6. The number of fused-ring (bicyclic) bond motifs is 3. The number of hydrogen-bond donors (Lipinski definition) is 3. The van der Waals surface area contributed by atoms with Crippen LogP contribution >= 0.6 is 11.3 Å². The quantitative estimate of drug-likeness (QED) is 0.231. The first-order chi connectivity index (χ1) is 20.7. The summed E-state index contributed by atoms with van der Waals surface area (Å²) >= 11 is 1.48. The van der Waals surface area contributed by atoms with Gasteiger partial charge >= 0.3 is 5.97 Å². The van der Waals surface area contributed by atoms with Crippen molar-refractivity contribution in [2.75, 3.05) is 25.6 Å². The average Bonchev–Trinajstić information content (AvgIpc) is 3.41. The Morgan fingerprint density at radius 3 is 2.60 bits per heavy atom. The van der Waals surface area contributed by atoms with Crippen molar-refractivity contribution in [1.82, 2.24) is 10.3 Å². The van der Waals surface area contributed by atoms with E-state index in [1.165, 1.54) is 30.6 Å². The Morgan fingerprint density at radius 1 is 1.05 bits per heavy atom. The highest BCUT2D eigenvalue weighted by atomic mass is 32.1. The summed E-state index contributed by atoms with van der Waals surface area (Å²) in [5.41, 5.74) is 6.91. The van der Waals surface area contributed by atoms with Crippen LogP contribution in [0.4, 0.5) is 14.5 Å². The Hall–Kier alpha value is -4.68. The fourth-order valence-corrected chi connectivity index (χ4v) is 5.72. The number of nitrogens with two attached hydrogens (primary N) is 1. The molecule has 0 spiro atoms. The molecule has 2 aromatic heterocycles. The Bertz CT molecular complexity index is 1740. The molecule has 0 unspecified atom stereocenters. The number of halogens is 2. The highest BCUT2D eigenvalue weighted by molar-refractivity contribution is 7.13. The summed E-state index contributed by atoms with van der Waals surface area (Å²) in [7, 11) is 1.17. The lowest BCUT2D eigenvalue weighted by molar-refractivity contribution is 0.0594. The maximum Gasteiger partial charge on any atom is 0.357 e. The van der Waals surface area contributed by atoms with Crippen LogP contribution in [-0.2, 0) is 17.7 Å². The largest absolute Gasteiger partial charge is 0.493 e. The molecular formula is C31H28F2N4O5S. The summed E-state index contributed by atoms with van der Waals surface area (Å²) in [6, 6.07) is 9.88. The molecule has 1 aliphatic heterocycles. The SMILES string of the molecule is CCCNC(=O)c1ccc(-c2cc3c(cc2C(=O)Nc2cc(F)c(CN)cc2F)-c2sccc2CCO3)c(C(=O)OC)n1. The van der Waals surface area contributed by atoms with Crippen molar-refractivity contribution in [2.45, 2.75) is 26.3 Å². The monoisotopic (exact) mass is 606 g/mol. The van der Waals surface area contributed by atoms with Gasteiger partial charge in [0.2, 0.25) is 0 Å². The van der Waals surface area contributed by atoms with Crippen LogP contribution in [0.1, 0.15) is 55.8 Å². The van der Waals surface area contributed by atoms with Crippen LogP contribution in [0.15, 0.2) is 47.8 Å². The maximum atomic E-state index is 14.9. The van der Waals surface area contributed by atoms with E-state index in [-0.39, 0.29) is 45.9 Å². The van der Waals surface area contributed by atoms with E-state index in [1.807, 2.05) is 18.4 Å². The van der Waals surface area contributed by atoms with Gasteiger partial charge in [-0.15, -0.1) is 11.3 Å². The molecule has 4 N–H and O–H groups in total. The Kier molecular flexibility index (Phi) is 8.78. The van der Waals surface area contributed by atoms with Crippen molar-refractivity contribution in [2.24, 2.45) is 5.73 Å². The number of benzene rings is 2. The Balaban J connectivity index is 1.69. The minimum absolute atomic E-state index is 0.0182. The number of anilines is 1. The summed E-state index contributed by atoms with van der Waals surface area (Å²) in [5, 5.41) is 7.10. The number of thiophene rings is 1. The van der Waals surface area contributed by atoms with Crippen LogP contribution in [0.2, 0.25) is 0 Å². The number of aromatic nitrogens is 1. The molecule has 3 heterocycles. The number of nitrogens with zero attached hydrogens (tertiary/aromatic N) is 1. The highest BCUT2D eigenvalue weighted by Gasteiger charge is 2.27. The number of rotatable bonds is 8. The van der Waals surface area contributed by atoms with Crippen LogP contribution in [-0.4, -0.2) is 43.0 Å². The van der Waals surface area contributed by atoms with E-state index in [0.717, 1.165) is 22.6 Å². The fourth-order valence-electron chi connectivity index (χ4n) is 4.74. The van der Waals surface area contributed by atoms with Gasteiger partial charge in [0.05, 0.1) is 19.4 Å². The number of amides is 2. The van der Waals surface area contributed by atoms with Crippen LogP contribution in [0.5, 0.6) is 5.75 Å². The first-order valence-electron chi connectivity index (χ1n) is 13.5. The maximum absolute atomic E-state index is 14.9. The molecule has 43 heavy (non-hydrogen) atoms. The summed E-state index contributed by atoms with van der Waals surface area (Å²) in [6.07, 6.45) is 1.34. The molecule has 222 valence electrons. The van der Waals surface area contributed by atoms with Gasteiger partial charge in [-0.3, -0.25) is 9.59 Å². The van der Waals surface area contributed by atoms with Crippen molar-refractivity contribution in [3.05, 3.63) is 87.6 Å². The molecule has 5 rings (SSSR count). The van der Waals surface area contributed by atoms with Crippen LogP contribution < -0.4 is 21.1 Å². The van der Waals surface area contributed by atoms with E-state index < -0.39 is 29.4 Å². The summed E-state index contributed by atoms with van der Waals surface area (Å²) < 4.78 is 40.4. The van der Waals surface area contributed by atoms with Crippen molar-refractivity contribution in [1.29, 1.82) is 0 Å². The molecule has 1 aliphatic rings. The smallest absolute Gasteiger partial charge is 0.357 e. The number of pyridine rings is 1. The summed E-state index contributed by atoms with van der Waals surface area (Å²) in [5.74, 6) is -3.28. The second-order valence-electron chi connectivity index (χ2n) is 9.69. The zero-order valence-corrected chi connectivity index (χ0v) is 24.2. The Labute approximate surface area is 250 Å². The molecule has 4 aromatic rings. The number of carbonyl (C=O) groups is 3. The standard InChI is InChI=1S/C31H28F2N4O5S/c1-3-8-35-30(39)24-5-4-18(27(36-24)31(40)41-2)19-13-26-21(28-16(6-9-42-26)7-10-43-28)12-20(19)29(38)37-25-14-22(32)17(15-34)11-23(25)33/h4-5,7,10-14H,3,6,8-9,15,34H2,1-2H3,(H,35,39)(H,37,38). The van der Waals surface area contributed by atoms with Gasteiger partial charge in [-0.25, -0.2) is 18.6 Å². The van der Waals surface area contributed by atoms with Gasteiger partial charge in [-0.05, 0) is 53.8 Å². The zero-order valence-electron chi connectivity index (χ0n) is 23.4. The van der Waals surface area contributed by atoms with Crippen LogP contribution in [0.25, 0.3) is 21.6 Å². The second-order valence-corrected chi connectivity index (χ2v) is 10.6. The van der Waals surface area contributed by atoms with Crippen LogP contribution in [0.3, 0.4) is 0 Å². The third kappa shape index (κ3) is 5.97. The number of carbonyl (C=O) groups excluding carboxylic acids is 3. The molecule has 0 atom stereocenters. The van der Waals surface area contributed by atoms with Crippen molar-refractivity contribution in [3.8, 4) is 27.3 Å². The van der Waals surface area contributed by atoms with Gasteiger partial charge < -0.3 is 25.8 Å². The van der Waals surface area contributed by atoms with E-state index in [4.69, 9.17) is 15.2 Å². The molecule has 12 heteroatoms. The number of methoxy groups -OCH3 is 1. The number of ether oxygens (including phenoxy) is 2. The molecule has 9 nitrogen and oxygen atoms in total. The number of esters is 1. The van der Waals surface area contributed by atoms with E-state index >= 15 is 0 Å². The molecule has 0 bridgehead atoms. The van der Waals surface area contributed by atoms with E-state index in [9.17, 15) is 23.2 Å². The topological polar surface area (TPSA) is 133 Å². The van der Waals surface area contributed by atoms with Gasteiger partial charge in [0.1, 0.15) is 23.1 Å². The number of hydrogen-bond acceptors (Lipinski definition) is 8. The Morgan fingerprint density at radius 2 is 1.86 bits per heavy atom. The van der Waals surface area contributed by atoms with Gasteiger partial charge in [0, 0.05) is 58.3 Å². The normalized spacial score (nSPS) is 11.9. The third-order valence-corrected chi connectivity index (χ3v) is 7.91. The van der Waals surface area contributed by atoms with E-state index in [2.05, 4.69) is 15.6 Å². The van der Waals surface area contributed by atoms with E-state index in [0.29, 0.717) is 37.3 Å².